The summed E-state index contributed by atoms with van der Waals surface area (Å²) in [6, 6.07) is 22.2. The molecule has 1 fully saturated rings. The Kier molecular flexibility index (Phi) is 7.64. The molecule has 212 valence electrons. The molecule has 5 aromatic rings. The molecule has 1 saturated heterocycles. The fraction of sp³-hybridized carbons (Fsp3) is 0.222. The minimum absolute atomic E-state index is 0.0361. The Morgan fingerprint density at radius 3 is 2.24 bits per heavy atom. The number of anilines is 1. The molecule has 6 rings (SSSR count). The Morgan fingerprint density at radius 2 is 1.57 bits per heavy atom. The fourth-order valence-corrected chi connectivity index (χ4v) is 5.85. The number of ether oxygens (including phenoxy) is 1. The van der Waals surface area contributed by atoms with Crippen molar-refractivity contribution in [1.82, 2.24) is 14.9 Å². The molecule has 6 heteroatoms. The number of fused-ring (bicyclic) bond motifs is 1. The van der Waals surface area contributed by atoms with Crippen molar-refractivity contribution in [2.24, 2.45) is 0 Å². The van der Waals surface area contributed by atoms with Crippen molar-refractivity contribution in [3.8, 4) is 28.0 Å². The Hall–Kier alpha value is -4.68. The van der Waals surface area contributed by atoms with E-state index in [2.05, 4.69) is 53.9 Å². The molecule has 0 bridgehead atoms. The molecule has 2 aromatic heterocycles. The quantitative estimate of drug-likeness (QED) is 0.170. The molecule has 0 atom stereocenters. The molecule has 1 aliphatic heterocycles. The predicted octanol–water partition coefficient (Wildman–Crippen LogP) is 7.17. The monoisotopic (exact) mass is 556 g/mol. The van der Waals surface area contributed by atoms with Gasteiger partial charge in [-0.3, -0.25) is 4.79 Å². The highest BCUT2D eigenvalue weighted by Crippen LogP contribution is 2.35. The number of likely N-dealkylation sites (N-methyl/N-ethyl adjacent to an activating group) is 1. The van der Waals surface area contributed by atoms with Crippen molar-refractivity contribution in [2.45, 2.75) is 13.8 Å². The predicted molar refractivity (Wildman–Crippen MR) is 173 cm³/mol. The summed E-state index contributed by atoms with van der Waals surface area (Å²) < 4.78 is 5.20. The standard InChI is InChI=1S/C36H36N4O2/c1-24-19-29(20-25(2)35(24)40-17-15-39(3)16-18-40)30-21-32-33(23-38-36(32)37-22-30)27-8-10-28(11-9-27)34(41)14-7-26-5-12-31(42-4)13-6-26/h5-14,19-23H,15-18H2,1-4H3,(H,37,38)/b14-7+. The number of hydrogen-bond acceptors (Lipinski definition) is 5. The number of aromatic amines is 1. The summed E-state index contributed by atoms with van der Waals surface area (Å²) in [6.45, 7) is 8.72. The Morgan fingerprint density at radius 1 is 0.881 bits per heavy atom. The number of carbonyl (C=O) groups is 1. The minimum Gasteiger partial charge on any atom is -0.497 e. The zero-order chi connectivity index (χ0) is 29.2. The van der Waals surface area contributed by atoms with Crippen LogP contribution in [-0.4, -0.2) is 61.0 Å². The first-order chi connectivity index (χ1) is 20.4. The van der Waals surface area contributed by atoms with Crippen molar-refractivity contribution in [2.75, 3.05) is 45.2 Å². The lowest BCUT2D eigenvalue weighted by Crippen LogP contribution is -2.45. The molecule has 0 spiro atoms. The van der Waals surface area contributed by atoms with Crippen molar-refractivity contribution in [3.63, 3.8) is 0 Å². The van der Waals surface area contributed by atoms with Crippen LogP contribution in [-0.2, 0) is 0 Å². The maximum absolute atomic E-state index is 12.8. The average Bonchev–Trinajstić information content (AvgIpc) is 3.44. The molecular weight excluding hydrogens is 520 g/mol. The van der Waals surface area contributed by atoms with E-state index in [1.807, 2.05) is 67.0 Å². The third kappa shape index (κ3) is 5.58. The van der Waals surface area contributed by atoms with Gasteiger partial charge in [-0.2, -0.15) is 0 Å². The van der Waals surface area contributed by atoms with Crippen LogP contribution in [0.4, 0.5) is 5.69 Å². The van der Waals surface area contributed by atoms with Gasteiger partial charge in [-0.1, -0.05) is 42.5 Å². The average molecular weight is 557 g/mol. The van der Waals surface area contributed by atoms with Crippen molar-refractivity contribution < 1.29 is 9.53 Å². The van der Waals surface area contributed by atoms with E-state index in [0.717, 1.165) is 65.2 Å². The SMILES string of the molecule is COc1ccc(/C=C/C(=O)c2ccc(-c3c[nH]c4ncc(-c5cc(C)c(N6CCN(C)CC6)c(C)c5)cc34)cc2)cc1. The largest absolute Gasteiger partial charge is 0.497 e. The number of H-pyrrole nitrogens is 1. The lowest BCUT2D eigenvalue weighted by Gasteiger charge is -2.36. The Balaban J connectivity index is 1.23. The molecule has 0 radical (unpaired) electrons. The number of ketones is 1. The van der Waals surface area contributed by atoms with Gasteiger partial charge in [-0.15, -0.1) is 0 Å². The minimum atomic E-state index is -0.0361. The molecular formula is C36H36N4O2. The second-order valence-electron chi connectivity index (χ2n) is 11.1. The number of benzene rings is 3. The van der Waals surface area contributed by atoms with E-state index in [9.17, 15) is 4.79 Å². The fourth-order valence-electron chi connectivity index (χ4n) is 5.85. The number of methoxy groups -OCH3 is 1. The van der Waals surface area contributed by atoms with Crippen LogP contribution in [0.3, 0.4) is 0 Å². The Labute approximate surface area is 247 Å². The first-order valence-corrected chi connectivity index (χ1v) is 14.4. The number of aryl methyl sites for hydroxylation is 2. The third-order valence-corrected chi connectivity index (χ3v) is 8.20. The molecule has 1 aliphatic rings. The zero-order valence-corrected chi connectivity index (χ0v) is 24.6. The van der Waals surface area contributed by atoms with Gasteiger partial charge in [0.1, 0.15) is 11.4 Å². The highest BCUT2D eigenvalue weighted by Gasteiger charge is 2.19. The number of nitrogens with zero attached hydrogens (tertiary/aromatic N) is 3. The zero-order valence-electron chi connectivity index (χ0n) is 24.6. The number of piperazine rings is 1. The van der Waals surface area contributed by atoms with Crippen LogP contribution in [0.5, 0.6) is 5.75 Å². The smallest absolute Gasteiger partial charge is 0.185 e. The van der Waals surface area contributed by atoms with Gasteiger partial charge in [0.2, 0.25) is 0 Å². The maximum atomic E-state index is 12.8. The lowest BCUT2D eigenvalue weighted by molar-refractivity contribution is 0.104. The summed E-state index contributed by atoms with van der Waals surface area (Å²) in [6.07, 6.45) is 7.37. The summed E-state index contributed by atoms with van der Waals surface area (Å²) in [5.74, 6) is 0.754. The van der Waals surface area contributed by atoms with Gasteiger partial charge in [-0.25, -0.2) is 4.98 Å². The highest BCUT2D eigenvalue weighted by atomic mass is 16.5. The maximum Gasteiger partial charge on any atom is 0.185 e. The molecule has 3 heterocycles. The van der Waals surface area contributed by atoms with Crippen LogP contribution in [0, 0.1) is 13.8 Å². The topological polar surface area (TPSA) is 61.5 Å². The Bertz CT molecular complexity index is 1740. The molecule has 0 saturated carbocycles. The van der Waals surface area contributed by atoms with Gasteiger partial charge < -0.3 is 19.5 Å². The van der Waals surface area contributed by atoms with Gasteiger partial charge in [0.05, 0.1) is 7.11 Å². The summed E-state index contributed by atoms with van der Waals surface area (Å²) in [7, 11) is 3.83. The number of carbonyl (C=O) groups excluding carboxylic acids is 1. The molecule has 0 amide bonds. The normalized spacial score (nSPS) is 14.1. The van der Waals surface area contributed by atoms with Crippen molar-refractivity contribution >= 4 is 28.6 Å². The number of hydrogen-bond donors (Lipinski definition) is 1. The van der Waals surface area contributed by atoms with E-state index in [1.165, 1.54) is 22.4 Å². The van der Waals surface area contributed by atoms with Crippen LogP contribution in [0.1, 0.15) is 27.0 Å². The number of allylic oxidation sites excluding steroid dienone is 1. The molecule has 42 heavy (non-hydrogen) atoms. The van der Waals surface area contributed by atoms with Gasteiger partial charge >= 0.3 is 0 Å². The van der Waals surface area contributed by atoms with E-state index in [4.69, 9.17) is 9.72 Å². The first kappa shape index (κ1) is 27.5. The molecule has 3 aromatic carbocycles. The summed E-state index contributed by atoms with van der Waals surface area (Å²) in [4.78, 5) is 25.8. The van der Waals surface area contributed by atoms with E-state index in [-0.39, 0.29) is 5.78 Å². The first-order valence-electron chi connectivity index (χ1n) is 14.4. The van der Waals surface area contributed by atoms with Crippen LogP contribution in [0.2, 0.25) is 0 Å². The summed E-state index contributed by atoms with van der Waals surface area (Å²) >= 11 is 0. The van der Waals surface area contributed by atoms with Crippen LogP contribution >= 0.6 is 0 Å². The lowest BCUT2D eigenvalue weighted by atomic mass is 9.97. The van der Waals surface area contributed by atoms with Gasteiger partial charge in [0.25, 0.3) is 0 Å². The van der Waals surface area contributed by atoms with Crippen molar-refractivity contribution in [3.05, 3.63) is 107 Å². The summed E-state index contributed by atoms with van der Waals surface area (Å²) in [5, 5.41) is 1.06. The summed E-state index contributed by atoms with van der Waals surface area (Å²) in [5.41, 5.74) is 10.8. The van der Waals surface area contributed by atoms with E-state index < -0.39 is 0 Å². The van der Waals surface area contributed by atoms with Crippen molar-refractivity contribution in [1.29, 1.82) is 0 Å². The van der Waals surface area contributed by atoms with Gasteiger partial charge in [0.15, 0.2) is 5.78 Å². The molecule has 0 aliphatic carbocycles. The van der Waals surface area contributed by atoms with Gasteiger partial charge in [0, 0.05) is 66.3 Å². The van der Waals surface area contributed by atoms with Crippen LogP contribution in [0.15, 0.2) is 85.2 Å². The van der Waals surface area contributed by atoms with E-state index in [0.29, 0.717) is 5.56 Å². The van der Waals surface area contributed by atoms with E-state index in [1.54, 1.807) is 13.2 Å². The number of nitrogens with one attached hydrogen (secondary N) is 1. The van der Waals surface area contributed by atoms with Gasteiger partial charge in [-0.05, 0) is 85.1 Å². The number of aromatic nitrogens is 2. The van der Waals surface area contributed by atoms with E-state index >= 15 is 0 Å². The number of rotatable bonds is 7. The van der Waals surface area contributed by atoms with Crippen LogP contribution < -0.4 is 9.64 Å². The third-order valence-electron chi connectivity index (χ3n) is 8.20. The second kappa shape index (κ2) is 11.7. The molecule has 1 N–H and O–H groups in total. The molecule has 0 unspecified atom stereocenters. The highest BCUT2D eigenvalue weighted by molar-refractivity contribution is 6.07. The molecule has 6 nitrogen and oxygen atoms in total. The second-order valence-corrected chi connectivity index (χ2v) is 11.1. The van der Waals surface area contributed by atoms with Crippen LogP contribution in [0.25, 0.3) is 39.4 Å². The number of pyridine rings is 1.